The van der Waals surface area contributed by atoms with Gasteiger partial charge in [-0.25, -0.2) is 4.79 Å². The van der Waals surface area contributed by atoms with Gasteiger partial charge >= 0.3 is 41.5 Å². The summed E-state index contributed by atoms with van der Waals surface area (Å²) in [6.07, 6.45) is 0. The molecule has 4 nitrogen and oxygen atoms in total. The Hall–Kier alpha value is 0.450. The fourth-order valence-electron chi connectivity index (χ4n) is 0.292. The number of esters is 2. The van der Waals surface area contributed by atoms with Crippen molar-refractivity contribution >= 4 is 54.1 Å². The van der Waals surface area contributed by atoms with Crippen LogP contribution in [0.2, 0.25) is 0 Å². The minimum atomic E-state index is -0.813. The molecule has 0 radical (unpaired) electrons. The summed E-state index contributed by atoms with van der Waals surface area (Å²) in [6.45, 7) is 1.14. The van der Waals surface area contributed by atoms with E-state index in [1.165, 1.54) is 0 Å². The summed E-state index contributed by atoms with van der Waals surface area (Å²) in [5, 5.41) is 0. The molecule has 0 saturated carbocycles. The van der Waals surface area contributed by atoms with Crippen molar-refractivity contribution in [3.63, 3.8) is 0 Å². The van der Waals surface area contributed by atoms with Gasteiger partial charge in [0.15, 0.2) is 0 Å². The third-order valence-electron chi connectivity index (χ3n) is 0.744. The van der Waals surface area contributed by atoms with Crippen LogP contribution in [0.25, 0.3) is 0 Å². The maximum absolute atomic E-state index is 10.6. The van der Waals surface area contributed by atoms with E-state index in [0.29, 0.717) is 0 Å². The second-order valence-corrected chi connectivity index (χ2v) is 2.07. The monoisotopic (exact) mass is 187 g/mol. The minimum absolute atomic E-state index is 0. The number of thiol groups is 1. The molecule has 0 aromatic rings. The summed E-state index contributed by atoms with van der Waals surface area (Å²) in [4.78, 5) is 20.7. The summed E-state index contributed by atoms with van der Waals surface area (Å²) >= 11 is 3.74. The number of ether oxygens (including phenoxy) is 1. The van der Waals surface area contributed by atoms with Crippen molar-refractivity contribution in [2.24, 2.45) is 5.73 Å². The van der Waals surface area contributed by atoms with E-state index in [-0.39, 0.29) is 35.3 Å². The molecule has 0 aliphatic rings. The van der Waals surface area contributed by atoms with Crippen LogP contribution in [0, 0.1) is 0 Å². The first kappa shape index (κ1) is 14.0. The Morgan fingerprint density at radius 2 is 2.09 bits per heavy atom. The summed E-state index contributed by atoms with van der Waals surface area (Å²) < 4.78 is 4.15. The van der Waals surface area contributed by atoms with E-state index in [9.17, 15) is 9.59 Å². The van der Waals surface area contributed by atoms with Gasteiger partial charge in [0, 0.05) is 12.7 Å². The molecule has 0 unspecified atom stereocenters. The normalized spacial score (nSPS) is 11.2. The van der Waals surface area contributed by atoms with Crippen molar-refractivity contribution in [1.29, 1.82) is 0 Å². The van der Waals surface area contributed by atoms with Crippen molar-refractivity contribution in [2.75, 3.05) is 5.75 Å². The van der Waals surface area contributed by atoms with Crippen LogP contribution < -0.4 is 5.73 Å². The molecule has 2 N–H and O–H groups in total. The van der Waals surface area contributed by atoms with Crippen molar-refractivity contribution < 1.29 is 14.3 Å². The number of rotatable bonds is 2. The zero-order valence-electron chi connectivity index (χ0n) is 5.53. The molecule has 0 spiro atoms. The van der Waals surface area contributed by atoms with E-state index in [1.54, 1.807) is 0 Å². The van der Waals surface area contributed by atoms with Crippen molar-refractivity contribution in [1.82, 2.24) is 0 Å². The van der Waals surface area contributed by atoms with Crippen LogP contribution in [0.5, 0.6) is 0 Å². The molecule has 6 heteroatoms. The van der Waals surface area contributed by atoms with Crippen LogP contribution in [-0.4, -0.2) is 53.3 Å². The molecule has 60 valence electrons. The van der Waals surface area contributed by atoms with Gasteiger partial charge in [-0.05, 0) is 0 Å². The van der Waals surface area contributed by atoms with Crippen LogP contribution in [-0.2, 0) is 14.3 Å². The van der Waals surface area contributed by atoms with E-state index in [0.717, 1.165) is 6.92 Å². The van der Waals surface area contributed by atoms with Crippen LogP contribution in [0.4, 0.5) is 0 Å². The molecule has 0 saturated heterocycles. The Morgan fingerprint density at radius 1 is 1.64 bits per heavy atom. The summed E-state index contributed by atoms with van der Waals surface area (Å²) in [5.74, 6) is -1.21. The van der Waals surface area contributed by atoms with Gasteiger partial charge in [-0.3, -0.25) is 4.79 Å². The molecule has 0 aliphatic heterocycles. The molecule has 0 heterocycles. The van der Waals surface area contributed by atoms with Gasteiger partial charge in [0.05, 0.1) is 0 Å². The van der Waals surface area contributed by atoms with E-state index >= 15 is 0 Å². The number of nitrogens with two attached hydrogens (primary N) is 1. The number of carbonyl (C=O) groups excluding carboxylic acids is 2. The van der Waals surface area contributed by atoms with Gasteiger partial charge in [-0.15, -0.1) is 0 Å². The Morgan fingerprint density at radius 3 is 2.36 bits per heavy atom. The average Bonchev–Trinajstić information content (AvgIpc) is 1.85. The first-order chi connectivity index (χ1) is 4.57. The first-order valence-electron chi connectivity index (χ1n) is 2.66. The van der Waals surface area contributed by atoms with Gasteiger partial charge in [0.25, 0.3) is 0 Å². The van der Waals surface area contributed by atoms with Crippen molar-refractivity contribution in [3.05, 3.63) is 0 Å². The number of carbonyl (C=O) groups is 2. The van der Waals surface area contributed by atoms with Gasteiger partial charge in [-0.2, -0.15) is 12.6 Å². The molecule has 0 aromatic heterocycles. The van der Waals surface area contributed by atoms with E-state index in [4.69, 9.17) is 5.73 Å². The van der Waals surface area contributed by atoms with Crippen LogP contribution >= 0.6 is 12.6 Å². The molecular weight excluding hydrogens is 177 g/mol. The van der Waals surface area contributed by atoms with Crippen molar-refractivity contribution in [2.45, 2.75) is 13.0 Å². The predicted octanol–water partition coefficient (Wildman–Crippen LogP) is -1.32. The second kappa shape index (κ2) is 7.12. The molecule has 0 aromatic carbocycles. The Labute approximate surface area is 92.5 Å². The van der Waals surface area contributed by atoms with Crippen LogP contribution in [0.15, 0.2) is 0 Å². The van der Waals surface area contributed by atoms with Gasteiger partial charge in [-0.1, -0.05) is 0 Å². The average molecular weight is 187 g/mol. The van der Waals surface area contributed by atoms with E-state index < -0.39 is 18.0 Å². The third-order valence-corrected chi connectivity index (χ3v) is 1.14. The molecule has 0 bridgehead atoms. The molecular formula is C5H10NNaO3S. The molecule has 11 heavy (non-hydrogen) atoms. The molecule has 0 amide bonds. The van der Waals surface area contributed by atoms with Gasteiger partial charge in [0.1, 0.15) is 6.04 Å². The number of hydrogen-bond acceptors (Lipinski definition) is 5. The van der Waals surface area contributed by atoms with Crippen molar-refractivity contribution in [3.8, 4) is 0 Å². The van der Waals surface area contributed by atoms with E-state index in [1.807, 2.05) is 0 Å². The van der Waals surface area contributed by atoms with Crippen LogP contribution in [0.3, 0.4) is 0 Å². The summed E-state index contributed by atoms with van der Waals surface area (Å²) in [7, 11) is 0. The van der Waals surface area contributed by atoms with Gasteiger partial charge in [0.2, 0.25) is 0 Å². The summed E-state index contributed by atoms with van der Waals surface area (Å²) in [5.41, 5.74) is 5.16. The molecule has 0 fully saturated rings. The Bertz CT molecular complexity index is 153. The maximum atomic E-state index is 10.6. The first-order valence-corrected chi connectivity index (χ1v) is 3.30. The zero-order chi connectivity index (χ0) is 8.15. The Kier molecular flexibility index (Phi) is 9.06. The van der Waals surface area contributed by atoms with Crippen LogP contribution in [0.1, 0.15) is 6.92 Å². The molecule has 1 atom stereocenters. The second-order valence-electron chi connectivity index (χ2n) is 1.70. The topological polar surface area (TPSA) is 69.4 Å². The fraction of sp³-hybridized carbons (Fsp3) is 0.600. The third kappa shape index (κ3) is 6.83. The molecule has 0 aliphatic carbocycles. The zero-order valence-corrected chi connectivity index (χ0v) is 6.43. The van der Waals surface area contributed by atoms with Gasteiger partial charge < -0.3 is 10.5 Å². The SMILES string of the molecule is CC(=O)OC(=O)[C@@H](N)CS.[NaH]. The molecule has 0 rings (SSSR count). The summed E-state index contributed by atoms with van der Waals surface area (Å²) in [6, 6.07) is -0.813. The number of hydrogen-bond donors (Lipinski definition) is 2. The van der Waals surface area contributed by atoms with E-state index in [2.05, 4.69) is 17.4 Å². The Balaban J connectivity index is 0. The fourth-order valence-corrected chi connectivity index (χ4v) is 0.441. The quantitative estimate of drug-likeness (QED) is 0.243. The standard InChI is InChI=1S/C5H9NO3S.Na.H/c1-3(7)9-5(8)4(6)2-10;;/h4,10H,2,6H2,1H3;;/t4-;;/m0../s1. The predicted molar refractivity (Wildman–Crippen MR) is 45.8 cm³/mol.